The number of rotatable bonds is 9. The van der Waals surface area contributed by atoms with E-state index in [2.05, 4.69) is 34.4 Å². The van der Waals surface area contributed by atoms with E-state index in [9.17, 15) is 5.11 Å². The van der Waals surface area contributed by atoms with Crippen molar-refractivity contribution in [1.29, 1.82) is 0 Å². The molecule has 1 saturated heterocycles. The van der Waals surface area contributed by atoms with Gasteiger partial charge in [-0.15, -0.1) is 0 Å². The van der Waals surface area contributed by atoms with Crippen molar-refractivity contribution in [3.05, 3.63) is 24.2 Å². The summed E-state index contributed by atoms with van der Waals surface area (Å²) in [4.78, 5) is 7.19. The smallest absolute Gasteiger partial charge is 0.191 e. The molecule has 2 heterocycles. The summed E-state index contributed by atoms with van der Waals surface area (Å²) < 4.78 is 5.33. The van der Waals surface area contributed by atoms with E-state index < -0.39 is 5.60 Å². The largest absolute Gasteiger partial charge is 0.466 e. The van der Waals surface area contributed by atoms with Gasteiger partial charge in [0.05, 0.1) is 12.8 Å². The maximum Gasteiger partial charge on any atom is 0.191 e. The summed E-state index contributed by atoms with van der Waals surface area (Å²) in [6, 6.07) is 4.12. The van der Waals surface area contributed by atoms with Crippen LogP contribution in [0.4, 0.5) is 0 Å². The fourth-order valence-electron chi connectivity index (χ4n) is 3.40. The molecule has 6 nitrogen and oxygen atoms in total. The maximum absolute atomic E-state index is 10.6. The lowest BCUT2D eigenvalue weighted by molar-refractivity contribution is 0.0436. The molecule has 0 amide bonds. The Morgan fingerprint density at radius 2 is 2.23 bits per heavy atom. The van der Waals surface area contributed by atoms with E-state index in [1.54, 1.807) is 25.3 Å². The number of aliphatic hydroxyl groups is 1. The summed E-state index contributed by atoms with van der Waals surface area (Å²) in [7, 11) is 0. The Hall–Kier alpha value is -1.53. The highest BCUT2D eigenvalue weighted by Gasteiger charge is 2.26. The van der Waals surface area contributed by atoms with Crippen LogP contribution >= 0.6 is 0 Å². The van der Waals surface area contributed by atoms with E-state index in [0.29, 0.717) is 11.8 Å². The van der Waals surface area contributed by atoms with E-state index in [0.717, 1.165) is 19.0 Å². The molecule has 0 aromatic carbocycles. The third-order valence-electron chi connectivity index (χ3n) is 4.99. The third-order valence-corrected chi connectivity index (χ3v) is 4.99. The number of aliphatic imine (C=N–C) groups is 1. The summed E-state index contributed by atoms with van der Waals surface area (Å²) in [5.41, 5.74) is -1.11. The van der Waals surface area contributed by atoms with E-state index in [1.807, 2.05) is 0 Å². The first-order valence-corrected chi connectivity index (χ1v) is 10.1. The molecule has 0 radical (unpaired) electrons. The molecule has 1 aromatic rings. The highest BCUT2D eigenvalue weighted by Crippen LogP contribution is 2.21. The van der Waals surface area contributed by atoms with Gasteiger partial charge < -0.3 is 20.2 Å². The molecule has 0 aliphatic carbocycles. The lowest BCUT2D eigenvalue weighted by Gasteiger charge is -2.36. The highest BCUT2D eigenvalue weighted by atomic mass is 16.4. The van der Waals surface area contributed by atoms with Crippen LogP contribution in [0.5, 0.6) is 0 Å². The monoisotopic (exact) mass is 364 g/mol. The van der Waals surface area contributed by atoms with Crippen LogP contribution in [0.3, 0.4) is 0 Å². The van der Waals surface area contributed by atoms with E-state index in [1.165, 1.54) is 45.2 Å². The van der Waals surface area contributed by atoms with Crippen molar-refractivity contribution in [3.63, 3.8) is 0 Å². The predicted octanol–water partition coefficient (Wildman–Crippen LogP) is 2.70. The van der Waals surface area contributed by atoms with Gasteiger partial charge in [0, 0.05) is 19.1 Å². The molecule has 1 aliphatic rings. The van der Waals surface area contributed by atoms with Crippen molar-refractivity contribution in [1.82, 2.24) is 15.5 Å². The molecular formula is C20H36N4O2. The van der Waals surface area contributed by atoms with E-state index >= 15 is 0 Å². The normalized spacial score (nSPS) is 21.4. The zero-order valence-corrected chi connectivity index (χ0v) is 16.6. The molecule has 0 saturated carbocycles. The number of likely N-dealkylation sites (tertiary alicyclic amines) is 1. The lowest BCUT2D eigenvalue weighted by atomic mass is 10.0. The van der Waals surface area contributed by atoms with Gasteiger partial charge >= 0.3 is 0 Å². The van der Waals surface area contributed by atoms with Crippen LogP contribution in [0.25, 0.3) is 0 Å². The van der Waals surface area contributed by atoms with Gasteiger partial charge in [0.15, 0.2) is 5.96 Å². The SMILES string of the molecule is CCCCN1CCCCC1CNC(=NCC(C)(O)c1ccco1)NCC. The van der Waals surface area contributed by atoms with Crippen LogP contribution in [0.2, 0.25) is 0 Å². The van der Waals surface area contributed by atoms with Gasteiger partial charge in [0.25, 0.3) is 0 Å². The molecule has 2 unspecified atom stereocenters. The molecule has 1 aromatic heterocycles. The topological polar surface area (TPSA) is 73.0 Å². The number of hydrogen-bond donors (Lipinski definition) is 3. The number of nitrogens with zero attached hydrogens (tertiary/aromatic N) is 2. The fraction of sp³-hybridized carbons (Fsp3) is 0.750. The Bertz CT molecular complexity index is 528. The van der Waals surface area contributed by atoms with Crippen LogP contribution in [-0.4, -0.2) is 54.7 Å². The molecule has 1 fully saturated rings. The first-order valence-electron chi connectivity index (χ1n) is 10.1. The minimum Gasteiger partial charge on any atom is -0.466 e. The highest BCUT2D eigenvalue weighted by molar-refractivity contribution is 5.79. The van der Waals surface area contributed by atoms with Crippen LogP contribution in [0, 0.1) is 0 Å². The number of guanidine groups is 1. The van der Waals surface area contributed by atoms with E-state index in [4.69, 9.17) is 4.42 Å². The van der Waals surface area contributed by atoms with Gasteiger partial charge in [0.1, 0.15) is 11.4 Å². The van der Waals surface area contributed by atoms with Crippen LogP contribution in [0.15, 0.2) is 27.8 Å². The summed E-state index contributed by atoms with van der Waals surface area (Å²) >= 11 is 0. The van der Waals surface area contributed by atoms with Gasteiger partial charge in [-0.25, -0.2) is 4.99 Å². The first kappa shape index (κ1) is 20.8. The Balaban J connectivity index is 1.92. The summed E-state index contributed by atoms with van der Waals surface area (Å²) in [6.45, 7) is 10.3. The number of furan rings is 1. The zero-order valence-electron chi connectivity index (χ0n) is 16.6. The number of nitrogens with one attached hydrogen (secondary N) is 2. The molecule has 0 bridgehead atoms. The summed E-state index contributed by atoms with van der Waals surface area (Å²) in [5.74, 6) is 1.29. The van der Waals surface area contributed by atoms with Gasteiger partial charge in [-0.1, -0.05) is 19.8 Å². The molecule has 2 rings (SSSR count). The Morgan fingerprint density at radius 1 is 1.38 bits per heavy atom. The third kappa shape index (κ3) is 6.32. The Morgan fingerprint density at radius 3 is 2.92 bits per heavy atom. The first-order chi connectivity index (χ1) is 12.6. The molecular weight excluding hydrogens is 328 g/mol. The molecule has 1 aliphatic heterocycles. The zero-order chi connectivity index (χ0) is 18.8. The van der Waals surface area contributed by atoms with Gasteiger partial charge in [-0.3, -0.25) is 4.90 Å². The van der Waals surface area contributed by atoms with Crippen molar-refractivity contribution in [2.45, 2.75) is 64.5 Å². The van der Waals surface area contributed by atoms with Crippen molar-refractivity contribution < 1.29 is 9.52 Å². The molecule has 2 atom stereocenters. The van der Waals surface area contributed by atoms with Crippen molar-refractivity contribution >= 4 is 5.96 Å². The van der Waals surface area contributed by atoms with Gasteiger partial charge in [-0.2, -0.15) is 0 Å². The average Bonchev–Trinajstić information content (AvgIpc) is 3.19. The molecule has 0 spiro atoms. The Labute approximate surface area is 158 Å². The van der Waals surface area contributed by atoms with Crippen LogP contribution in [0.1, 0.15) is 58.6 Å². The fourth-order valence-corrected chi connectivity index (χ4v) is 3.40. The number of unbranched alkanes of at least 4 members (excludes halogenated alkanes) is 1. The van der Waals surface area contributed by atoms with Crippen molar-refractivity contribution in [3.8, 4) is 0 Å². The lowest BCUT2D eigenvalue weighted by Crippen LogP contribution is -2.49. The Kier molecular flexibility index (Phi) is 8.45. The minimum absolute atomic E-state index is 0.250. The molecule has 26 heavy (non-hydrogen) atoms. The maximum atomic E-state index is 10.6. The second-order valence-corrected chi connectivity index (χ2v) is 7.37. The minimum atomic E-state index is -1.11. The van der Waals surface area contributed by atoms with Gasteiger partial charge in [-0.05, 0) is 58.3 Å². The van der Waals surface area contributed by atoms with Crippen LogP contribution in [-0.2, 0) is 5.60 Å². The molecule has 148 valence electrons. The second kappa shape index (κ2) is 10.6. The van der Waals surface area contributed by atoms with Crippen molar-refractivity contribution in [2.75, 3.05) is 32.7 Å². The predicted molar refractivity (Wildman–Crippen MR) is 106 cm³/mol. The quantitative estimate of drug-likeness (QED) is 0.464. The second-order valence-electron chi connectivity index (χ2n) is 7.37. The van der Waals surface area contributed by atoms with Crippen molar-refractivity contribution in [2.24, 2.45) is 4.99 Å². The standard InChI is InChI=1S/C20H36N4O2/c1-4-6-12-24-13-8-7-10-17(24)15-22-19(21-5-2)23-16-20(3,25)18-11-9-14-26-18/h9,11,14,17,25H,4-8,10,12-13,15-16H2,1-3H3,(H2,21,22,23). The van der Waals surface area contributed by atoms with E-state index in [-0.39, 0.29) is 6.54 Å². The number of piperidine rings is 1. The molecule has 3 N–H and O–H groups in total. The summed E-state index contributed by atoms with van der Waals surface area (Å²) in [6.07, 6.45) is 7.92. The average molecular weight is 365 g/mol. The number of hydrogen-bond acceptors (Lipinski definition) is 4. The molecule has 6 heteroatoms. The van der Waals surface area contributed by atoms with Gasteiger partial charge in [0.2, 0.25) is 0 Å². The summed E-state index contributed by atoms with van der Waals surface area (Å²) in [5, 5.41) is 17.3. The van der Waals surface area contributed by atoms with Crippen LogP contribution < -0.4 is 10.6 Å².